The molecule has 3 rings (SSSR count). The summed E-state index contributed by atoms with van der Waals surface area (Å²) in [4.78, 5) is 13.3. The van der Waals surface area contributed by atoms with E-state index >= 15 is 0 Å². The monoisotopic (exact) mass is 369 g/mol. The third-order valence-electron chi connectivity index (χ3n) is 3.67. The molecule has 0 bridgehead atoms. The lowest BCUT2D eigenvalue weighted by atomic mass is 10.2. The van der Waals surface area contributed by atoms with Gasteiger partial charge in [0, 0.05) is 29.9 Å². The highest BCUT2D eigenvalue weighted by molar-refractivity contribution is 6.30. The van der Waals surface area contributed by atoms with Crippen LogP contribution in [0.2, 0.25) is 5.02 Å². The molecular formula is C19H20ClN5O. The highest BCUT2D eigenvalue weighted by Crippen LogP contribution is 2.20. The summed E-state index contributed by atoms with van der Waals surface area (Å²) in [5.41, 5.74) is 2.50. The van der Waals surface area contributed by atoms with Gasteiger partial charge in [-0.1, -0.05) is 29.8 Å². The fourth-order valence-electron chi connectivity index (χ4n) is 2.35. The van der Waals surface area contributed by atoms with Crippen LogP contribution >= 0.6 is 11.6 Å². The summed E-state index contributed by atoms with van der Waals surface area (Å²) in [5.74, 6) is 1.09. The van der Waals surface area contributed by atoms with Crippen LogP contribution in [0.1, 0.15) is 12.5 Å². The van der Waals surface area contributed by atoms with Crippen molar-refractivity contribution in [2.45, 2.75) is 19.5 Å². The van der Waals surface area contributed by atoms with Crippen LogP contribution in [-0.4, -0.2) is 32.7 Å². The number of halogens is 1. The van der Waals surface area contributed by atoms with E-state index in [0.29, 0.717) is 29.0 Å². The number of aliphatic hydroxyl groups is 1. The molecule has 6 nitrogen and oxygen atoms in total. The van der Waals surface area contributed by atoms with E-state index in [1.54, 1.807) is 6.20 Å². The molecule has 0 unspecified atom stereocenters. The lowest BCUT2D eigenvalue weighted by Gasteiger charge is -2.14. The van der Waals surface area contributed by atoms with Gasteiger partial charge in [-0.3, -0.25) is 4.98 Å². The number of nitrogens with one attached hydrogen (secondary N) is 2. The molecule has 1 aromatic carbocycles. The Morgan fingerprint density at radius 3 is 2.69 bits per heavy atom. The summed E-state index contributed by atoms with van der Waals surface area (Å²) >= 11 is 6.03. The van der Waals surface area contributed by atoms with Crippen LogP contribution in [0.15, 0.2) is 54.7 Å². The van der Waals surface area contributed by atoms with Crippen molar-refractivity contribution in [1.29, 1.82) is 0 Å². The van der Waals surface area contributed by atoms with Crippen LogP contribution in [0.4, 0.5) is 11.8 Å². The first kappa shape index (κ1) is 18.1. The van der Waals surface area contributed by atoms with Crippen LogP contribution in [0.5, 0.6) is 0 Å². The first-order valence-corrected chi connectivity index (χ1v) is 8.68. The maximum atomic E-state index is 9.27. The van der Waals surface area contributed by atoms with Crippen molar-refractivity contribution in [2.75, 3.05) is 17.2 Å². The normalized spacial score (nSPS) is 11.8. The fraction of sp³-hybridized carbons (Fsp3) is 0.211. The molecule has 3 aromatic rings. The van der Waals surface area contributed by atoms with Gasteiger partial charge in [-0.25, -0.2) is 4.98 Å². The Hall–Kier alpha value is -2.70. The van der Waals surface area contributed by atoms with E-state index in [-0.39, 0.29) is 12.6 Å². The van der Waals surface area contributed by atoms with Gasteiger partial charge in [-0.2, -0.15) is 4.98 Å². The second kappa shape index (κ2) is 8.60. The quantitative estimate of drug-likeness (QED) is 0.590. The second-order valence-corrected chi connectivity index (χ2v) is 6.32. The third-order valence-corrected chi connectivity index (χ3v) is 3.90. The zero-order valence-electron chi connectivity index (χ0n) is 14.4. The van der Waals surface area contributed by atoms with E-state index < -0.39 is 0 Å². The maximum Gasteiger partial charge on any atom is 0.225 e. The van der Waals surface area contributed by atoms with E-state index in [1.807, 2.05) is 55.5 Å². The molecule has 2 heterocycles. The van der Waals surface area contributed by atoms with Crippen LogP contribution in [0.25, 0.3) is 11.4 Å². The molecule has 0 aliphatic carbocycles. The standard InChI is InChI=1S/C19H20ClN5O/c1-13(12-26)23-19-24-17(16-7-2-3-8-21-16)10-18(25-19)22-11-14-5-4-6-15(20)9-14/h2-10,13,26H,11-12H2,1H3,(H2,22,23,24,25)/t13-/m1/s1. The van der Waals surface area contributed by atoms with Crippen molar-refractivity contribution in [3.63, 3.8) is 0 Å². The molecule has 0 aliphatic rings. The van der Waals surface area contributed by atoms with Crippen LogP contribution in [0.3, 0.4) is 0 Å². The molecule has 0 fully saturated rings. The largest absolute Gasteiger partial charge is 0.394 e. The minimum atomic E-state index is -0.158. The molecular weight excluding hydrogens is 350 g/mol. The van der Waals surface area contributed by atoms with Gasteiger partial charge in [0.2, 0.25) is 5.95 Å². The molecule has 0 amide bonds. The fourth-order valence-corrected chi connectivity index (χ4v) is 2.57. The molecule has 3 N–H and O–H groups in total. The van der Waals surface area contributed by atoms with Crippen molar-refractivity contribution < 1.29 is 5.11 Å². The zero-order chi connectivity index (χ0) is 18.4. The average molecular weight is 370 g/mol. The average Bonchev–Trinajstić information content (AvgIpc) is 2.67. The Labute approximate surface area is 157 Å². The number of nitrogens with zero attached hydrogens (tertiary/aromatic N) is 3. The number of anilines is 2. The molecule has 2 aromatic heterocycles. The highest BCUT2D eigenvalue weighted by atomic mass is 35.5. The van der Waals surface area contributed by atoms with Crippen LogP contribution in [-0.2, 0) is 6.54 Å². The van der Waals surface area contributed by atoms with Crippen molar-refractivity contribution in [3.8, 4) is 11.4 Å². The Bertz CT molecular complexity index is 860. The molecule has 0 aliphatic heterocycles. The van der Waals surface area contributed by atoms with Gasteiger partial charge in [0.15, 0.2) is 0 Å². The molecule has 0 spiro atoms. The van der Waals surface area contributed by atoms with Gasteiger partial charge in [-0.05, 0) is 36.8 Å². The smallest absolute Gasteiger partial charge is 0.225 e. The Balaban J connectivity index is 1.86. The van der Waals surface area contributed by atoms with E-state index in [2.05, 4.69) is 25.6 Å². The summed E-state index contributed by atoms with van der Waals surface area (Å²) in [6, 6.07) is 15.0. The third kappa shape index (κ3) is 4.91. The lowest BCUT2D eigenvalue weighted by Crippen LogP contribution is -2.21. The van der Waals surface area contributed by atoms with E-state index in [1.165, 1.54) is 0 Å². The molecule has 134 valence electrons. The first-order valence-electron chi connectivity index (χ1n) is 8.30. The Morgan fingerprint density at radius 1 is 1.08 bits per heavy atom. The van der Waals surface area contributed by atoms with Crippen molar-refractivity contribution in [3.05, 3.63) is 65.3 Å². The van der Waals surface area contributed by atoms with E-state index in [0.717, 1.165) is 11.3 Å². The van der Waals surface area contributed by atoms with E-state index in [9.17, 15) is 5.11 Å². The summed E-state index contributed by atoms with van der Waals surface area (Å²) in [6.07, 6.45) is 1.72. The zero-order valence-corrected chi connectivity index (χ0v) is 15.1. The second-order valence-electron chi connectivity index (χ2n) is 5.89. The topological polar surface area (TPSA) is 83.0 Å². The minimum absolute atomic E-state index is 0.0115. The van der Waals surface area contributed by atoms with Gasteiger partial charge in [0.25, 0.3) is 0 Å². The van der Waals surface area contributed by atoms with Crippen molar-refractivity contribution >= 4 is 23.4 Å². The Morgan fingerprint density at radius 2 is 1.96 bits per heavy atom. The first-order chi connectivity index (χ1) is 12.6. The number of aromatic nitrogens is 3. The SMILES string of the molecule is C[C@H](CO)Nc1nc(NCc2cccc(Cl)c2)cc(-c2ccccn2)n1. The summed E-state index contributed by atoms with van der Waals surface area (Å²) in [5, 5.41) is 16.3. The highest BCUT2D eigenvalue weighted by Gasteiger charge is 2.10. The molecule has 7 heteroatoms. The minimum Gasteiger partial charge on any atom is -0.394 e. The van der Waals surface area contributed by atoms with Crippen LogP contribution < -0.4 is 10.6 Å². The van der Waals surface area contributed by atoms with Gasteiger partial charge < -0.3 is 15.7 Å². The van der Waals surface area contributed by atoms with Gasteiger partial charge in [-0.15, -0.1) is 0 Å². The number of benzene rings is 1. The molecule has 0 saturated carbocycles. The van der Waals surface area contributed by atoms with Crippen LogP contribution in [0, 0.1) is 0 Å². The van der Waals surface area contributed by atoms with Gasteiger partial charge in [0.1, 0.15) is 5.82 Å². The predicted octanol–water partition coefficient (Wildman–Crippen LogP) is 3.60. The Kier molecular flexibility index (Phi) is 5.99. The van der Waals surface area contributed by atoms with Gasteiger partial charge in [0.05, 0.1) is 18.0 Å². The molecule has 0 saturated heterocycles. The van der Waals surface area contributed by atoms with Crippen molar-refractivity contribution in [1.82, 2.24) is 15.0 Å². The molecule has 0 radical (unpaired) electrons. The van der Waals surface area contributed by atoms with Crippen molar-refractivity contribution in [2.24, 2.45) is 0 Å². The number of hydrogen-bond acceptors (Lipinski definition) is 6. The predicted molar refractivity (Wildman–Crippen MR) is 104 cm³/mol. The van der Waals surface area contributed by atoms with Gasteiger partial charge >= 0.3 is 0 Å². The number of pyridine rings is 1. The maximum absolute atomic E-state index is 9.27. The molecule has 1 atom stereocenters. The molecule has 26 heavy (non-hydrogen) atoms. The summed E-state index contributed by atoms with van der Waals surface area (Å²) in [7, 11) is 0. The summed E-state index contributed by atoms with van der Waals surface area (Å²) in [6.45, 7) is 2.42. The summed E-state index contributed by atoms with van der Waals surface area (Å²) < 4.78 is 0. The number of hydrogen-bond donors (Lipinski definition) is 3. The number of aliphatic hydroxyl groups excluding tert-OH is 1. The lowest BCUT2D eigenvalue weighted by molar-refractivity contribution is 0.281. The number of rotatable bonds is 7. The van der Waals surface area contributed by atoms with E-state index in [4.69, 9.17) is 11.6 Å².